The van der Waals surface area contributed by atoms with Crippen molar-refractivity contribution in [3.8, 4) is 0 Å². The van der Waals surface area contributed by atoms with E-state index in [9.17, 15) is 9.59 Å². The van der Waals surface area contributed by atoms with Gasteiger partial charge in [0.15, 0.2) is 0 Å². The van der Waals surface area contributed by atoms with E-state index < -0.39 is 11.5 Å². The summed E-state index contributed by atoms with van der Waals surface area (Å²) in [5, 5.41) is 4.74. The van der Waals surface area contributed by atoms with E-state index in [1.807, 2.05) is 37.3 Å². The average molecular weight is 320 g/mol. The third kappa shape index (κ3) is 3.25. The van der Waals surface area contributed by atoms with Crippen LogP contribution in [0.4, 0.5) is 0 Å². The lowest BCUT2D eigenvalue weighted by Crippen LogP contribution is -2.25. The van der Waals surface area contributed by atoms with Crippen LogP contribution in [-0.2, 0) is 0 Å². The van der Waals surface area contributed by atoms with Crippen LogP contribution in [0, 0.1) is 6.92 Å². The molecule has 24 heavy (non-hydrogen) atoms. The van der Waals surface area contributed by atoms with Crippen LogP contribution in [0.1, 0.15) is 28.4 Å². The molecule has 0 unspecified atom stereocenters. The van der Waals surface area contributed by atoms with Gasteiger partial charge >= 0.3 is 5.63 Å². The van der Waals surface area contributed by atoms with Gasteiger partial charge in [-0.1, -0.05) is 48.0 Å². The second-order valence-electron chi connectivity index (χ2n) is 5.49. The third-order valence-electron chi connectivity index (χ3n) is 3.68. The number of hydrogen-bond acceptors (Lipinski definition) is 4. The van der Waals surface area contributed by atoms with Crippen LogP contribution >= 0.6 is 0 Å². The zero-order valence-corrected chi connectivity index (χ0v) is 13.4. The molecule has 0 aliphatic rings. The van der Waals surface area contributed by atoms with Crippen molar-refractivity contribution in [2.75, 3.05) is 0 Å². The predicted molar refractivity (Wildman–Crippen MR) is 93.3 cm³/mol. The van der Waals surface area contributed by atoms with E-state index in [4.69, 9.17) is 4.42 Å². The van der Waals surface area contributed by atoms with Gasteiger partial charge in [-0.2, -0.15) is 5.10 Å². The van der Waals surface area contributed by atoms with Gasteiger partial charge in [-0.05, 0) is 31.5 Å². The van der Waals surface area contributed by atoms with Gasteiger partial charge in [-0.3, -0.25) is 4.79 Å². The monoisotopic (exact) mass is 320 g/mol. The molecule has 0 aliphatic heterocycles. The largest absolute Gasteiger partial charge is 0.422 e. The van der Waals surface area contributed by atoms with E-state index in [1.165, 1.54) is 6.07 Å². The van der Waals surface area contributed by atoms with Crippen molar-refractivity contribution < 1.29 is 9.21 Å². The molecule has 1 heterocycles. The van der Waals surface area contributed by atoms with Crippen LogP contribution < -0.4 is 11.1 Å². The lowest BCUT2D eigenvalue weighted by atomic mass is 10.1. The Labute approximate surface area is 138 Å². The molecule has 0 aliphatic carbocycles. The second-order valence-corrected chi connectivity index (χ2v) is 5.49. The van der Waals surface area contributed by atoms with Gasteiger partial charge in [0.25, 0.3) is 5.91 Å². The Kier molecular flexibility index (Phi) is 4.24. The maximum absolute atomic E-state index is 12.2. The highest BCUT2D eigenvalue weighted by atomic mass is 16.4. The average Bonchev–Trinajstić information content (AvgIpc) is 2.59. The standard InChI is InChI=1S/C19H16N2O3/c1-12-7-9-14(10-8-12)13(2)20-21-18(22)16-11-15-5-3-4-6-17(15)24-19(16)23/h3-11H,1-2H3,(H,21,22). The summed E-state index contributed by atoms with van der Waals surface area (Å²) in [7, 11) is 0. The Morgan fingerprint density at radius 2 is 1.79 bits per heavy atom. The smallest absolute Gasteiger partial charge is 0.349 e. The van der Waals surface area contributed by atoms with E-state index in [-0.39, 0.29) is 5.56 Å². The van der Waals surface area contributed by atoms with Crippen molar-refractivity contribution in [2.24, 2.45) is 5.10 Å². The van der Waals surface area contributed by atoms with E-state index in [0.717, 1.165) is 11.1 Å². The number of nitrogens with zero attached hydrogens (tertiary/aromatic N) is 1. The Hall–Kier alpha value is -3.21. The first-order valence-corrected chi connectivity index (χ1v) is 7.49. The normalized spacial score (nSPS) is 11.5. The van der Waals surface area contributed by atoms with Crippen molar-refractivity contribution in [2.45, 2.75) is 13.8 Å². The SMILES string of the molecule is CC(=NNC(=O)c1cc2ccccc2oc1=O)c1ccc(C)cc1. The fourth-order valence-corrected chi connectivity index (χ4v) is 2.27. The molecule has 0 bridgehead atoms. The number of benzene rings is 2. The molecular weight excluding hydrogens is 304 g/mol. The Balaban J connectivity index is 1.84. The highest BCUT2D eigenvalue weighted by molar-refractivity contribution is 6.01. The number of rotatable bonds is 3. The molecule has 0 radical (unpaired) electrons. The first-order chi connectivity index (χ1) is 11.5. The first-order valence-electron chi connectivity index (χ1n) is 7.49. The van der Waals surface area contributed by atoms with Gasteiger partial charge in [-0.25, -0.2) is 10.2 Å². The number of hydrogen-bond donors (Lipinski definition) is 1. The fraction of sp³-hybridized carbons (Fsp3) is 0.105. The second kappa shape index (κ2) is 6.50. The quantitative estimate of drug-likeness (QED) is 0.457. The molecule has 1 aromatic heterocycles. The molecule has 5 heteroatoms. The minimum atomic E-state index is -0.686. The number of carbonyl (C=O) groups excluding carboxylic acids is 1. The molecule has 3 aromatic rings. The number of aryl methyl sites for hydroxylation is 1. The summed E-state index contributed by atoms with van der Waals surface area (Å²) in [6.07, 6.45) is 0. The van der Waals surface area contributed by atoms with Crippen molar-refractivity contribution in [1.29, 1.82) is 0 Å². The maximum atomic E-state index is 12.2. The number of hydrazone groups is 1. The number of nitrogens with one attached hydrogen (secondary N) is 1. The van der Waals surface area contributed by atoms with Crippen LogP contribution in [0.15, 0.2) is 68.9 Å². The van der Waals surface area contributed by atoms with E-state index >= 15 is 0 Å². The molecule has 1 amide bonds. The molecule has 2 aromatic carbocycles. The summed E-state index contributed by atoms with van der Waals surface area (Å²) >= 11 is 0. The molecule has 5 nitrogen and oxygen atoms in total. The number of amides is 1. The molecule has 1 N–H and O–H groups in total. The number of para-hydroxylation sites is 1. The first kappa shape index (κ1) is 15.7. The van der Waals surface area contributed by atoms with Crippen LogP contribution in [0.5, 0.6) is 0 Å². The molecule has 0 atom stereocenters. The van der Waals surface area contributed by atoms with Crippen molar-refractivity contribution in [1.82, 2.24) is 5.43 Å². The molecular formula is C19H16N2O3. The minimum Gasteiger partial charge on any atom is -0.422 e. The van der Waals surface area contributed by atoms with E-state index in [0.29, 0.717) is 16.7 Å². The van der Waals surface area contributed by atoms with Gasteiger partial charge in [0, 0.05) is 5.39 Å². The van der Waals surface area contributed by atoms with E-state index in [2.05, 4.69) is 10.5 Å². The van der Waals surface area contributed by atoms with Crippen molar-refractivity contribution in [3.63, 3.8) is 0 Å². The predicted octanol–water partition coefficient (Wildman–Crippen LogP) is 3.26. The van der Waals surface area contributed by atoms with Crippen LogP contribution in [0.2, 0.25) is 0 Å². The number of fused-ring (bicyclic) bond motifs is 1. The highest BCUT2D eigenvalue weighted by Gasteiger charge is 2.13. The van der Waals surface area contributed by atoms with Gasteiger partial charge < -0.3 is 4.42 Å². The summed E-state index contributed by atoms with van der Waals surface area (Å²) in [5.74, 6) is -0.596. The van der Waals surface area contributed by atoms with Gasteiger partial charge in [0.2, 0.25) is 0 Å². The highest BCUT2D eigenvalue weighted by Crippen LogP contribution is 2.12. The summed E-state index contributed by atoms with van der Waals surface area (Å²) in [5.41, 5.74) is 4.77. The van der Waals surface area contributed by atoms with Gasteiger partial charge in [-0.15, -0.1) is 0 Å². The lowest BCUT2D eigenvalue weighted by molar-refractivity contribution is 0.0951. The molecule has 0 fully saturated rings. The summed E-state index contributed by atoms with van der Waals surface area (Å²) in [4.78, 5) is 24.2. The molecule has 3 rings (SSSR count). The Bertz CT molecular complexity index is 985. The minimum absolute atomic E-state index is 0.0749. The van der Waals surface area contributed by atoms with Gasteiger partial charge in [0.05, 0.1) is 5.71 Å². The summed E-state index contributed by atoms with van der Waals surface area (Å²) in [6, 6.07) is 16.3. The summed E-state index contributed by atoms with van der Waals surface area (Å²) in [6.45, 7) is 3.78. The van der Waals surface area contributed by atoms with Crippen molar-refractivity contribution >= 4 is 22.6 Å². The summed E-state index contributed by atoms with van der Waals surface area (Å²) < 4.78 is 5.15. The Morgan fingerprint density at radius 1 is 1.08 bits per heavy atom. The zero-order chi connectivity index (χ0) is 17.1. The Morgan fingerprint density at radius 3 is 2.54 bits per heavy atom. The maximum Gasteiger partial charge on any atom is 0.349 e. The van der Waals surface area contributed by atoms with Crippen LogP contribution in [-0.4, -0.2) is 11.6 Å². The van der Waals surface area contributed by atoms with Crippen LogP contribution in [0.3, 0.4) is 0 Å². The molecule has 0 saturated heterocycles. The molecule has 0 saturated carbocycles. The molecule has 0 spiro atoms. The van der Waals surface area contributed by atoms with Crippen LogP contribution in [0.25, 0.3) is 11.0 Å². The fourth-order valence-electron chi connectivity index (χ4n) is 2.27. The van der Waals surface area contributed by atoms with Gasteiger partial charge in [0.1, 0.15) is 11.1 Å². The lowest BCUT2D eigenvalue weighted by Gasteiger charge is -2.04. The zero-order valence-electron chi connectivity index (χ0n) is 13.4. The third-order valence-corrected chi connectivity index (χ3v) is 3.68. The topological polar surface area (TPSA) is 71.7 Å². The van der Waals surface area contributed by atoms with Crippen molar-refractivity contribution in [3.05, 3.63) is 81.7 Å². The number of carbonyl (C=O) groups is 1. The van der Waals surface area contributed by atoms with E-state index in [1.54, 1.807) is 25.1 Å². The molecule has 120 valence electrons.